The van der Waals surface area contributed by atoms with Gasteiger partial charge in [0.1, 0.15) is 5.75 Å². The number of ether oxygens (including phenoxy) is 1. The highest BCUT2D eigenvalue weighted by atomic mass is 19.3. The lowest BCUT2D eigenvalue weighted by Crippen LogP contribution is -2.56. The minimum absolute atomic E-state index is 0.132. The fourth-order valence-electron chi connectivity index (χ4n) is 3.77. The highest BCUT2D eigenvalue weighted by Gasteiger charge is 2.46. The number of nitrogens with one attached hydrogen (secondary N) is 1. The van der Waals surface area contributed by atoms with Crippen LogP contribution in [0.1, 0.15) is 48.9 Å². The number of imide groups is 1. The summed E-state index contributed by atoms with van der Waals surface area (Å²) in [6.45, 7) is 3.65. The molecule has 1 aliphatic carbocycles. The van der Waals surface area contributed by atoms with E-state index in [2.05, 4.69) is 10.3 Å². The number of carbonyl (C=O) groups is 2. The van der Waals surface area contributed by atoms with Gasteiger partial charge in [0.2, 0.25) is 11.8 Å². The Bertz CT molecular complexity index is 962. The number of aryl methyl sites for hydroxylation is 1. The number of amides is 3. The Hall–Kier alpha value is -3.03. The molecule has 8 heteroatoms. The third kappa shape index (κ3) is 3.66. The van der Waals surface area contributed by atoms with Gasteiger partial charge in [0, 0.05) is 12.2 Å². The maximum atomic E-state index is 13.2. The van der Waals surface area contributed by atoms with Gasteiger partial charge < -0.3 is 9.64 Å². The van der Waals surface area contributed by atoms with Gasteiger partial charge in [-0.15, -0.1) is 0 Å². The average Bonchev–Trinajstić information content (AvgIpc) is 3.50. The van der Waals surface area contributed by atoms with Crippen LogP contribution in [-0.2, 0) is 4.79 Å². The zero-order valence-electron chi connectivity index (χ0n) is 16.1. The van der Waals surface area contributed by atoms with Crippen molar-refractivity contribution in [2.75, 3.05) is 0 Å². The van der Waals surface area contributed by atoms with Crippen molar-refractivity contribution in [1.82, 2.24) is 15.2 Å². The fraction of sp³-hybridized carbons (Fsp3) is 0.381. The van der Waals surface area contributed by atoms with Gasteiger partial charge in [0.15, 0.2) is 0 Å². The molecule has 2 heterocycles. The first-order valence-electron chi connectivity index (χ1n) is 9.51. The van der Waals surface area contributed by atoms with Crippen molar-refractivity contribution in [1.29, 1.82) is 0 Å². The van der Waals surface area contributed by atoms with Gasteiger partial charge in [-0.1, -0.05) is 13.0 Å². The quantitative estimate of drug-likeness (QED) is 0.800. The number of nitrogens with zero attached hydrogens (tertiary/aromatic N) is 2. The third-order valence-electron chi connectivity index (χ3n) is 5.40. The van der Waals surface area contributed by atoms with E-state index in [1.165, 1.54) is 18.3 Å². The van der Waals surface area contributed by atoms with Crippen LogP contribution >= 0.6 is 0 Å². The molecule has 2 fully saturated rings. The number of halogens is 2. The highest BCUT2D eigenvalue weighted by Crippen LogP contribution is 2.42. The van der Waals surface area contributed by atoms with Gasteiger partial charge in [0.25, 0.3) is 6.43 Å². The Balaban J connectivity index is 1.65. The van der Waals surface area contributed by atoms with E-state index in [0.29, 0.717) is 5.75 Å². The predicted octanol–water partition coefficient (Wildman–Crippen LogP) is 4.51. The molecule has 29 heavy (non-hydrogen) atoms. The molecule has 152 valence electrons. The highest BCUT2D eigenvalue weighted by molar-refractivity contribution is 5.98. The Morgan fingerprint density at radius 3 is 2.66 bits per heavy atom. The first-order valence-corrected chi connectivity index (χ1v) is 9.51. The van der Waals surface area contributed by atoms with Gasteiger partial charge in [-0.3, -0.25) is 10.1 Å². The number of carbonyl (C=O) groups excluding carboxylic acids is 2. The zero-order valence-corrected chi connectivity index (χ0v) is 16.1. The number of alkyl halides is 2. The van der Waals surface area contributed by atoms with Crippen LogP contribution in [0.25, 0.3) is 0 Å². The van der Waals surface area contributed by atoms with Crippen LogP contribution in [0.15, 0.2) is 36.5 Å². The molecular weight excluding hydrogens is 380 g/mol. The van der Waals surface area contributed by atoms with Crippen LogP contribution in [0.5, 0.6) is 11.6 Å². The molecule has 1 aliphatic heterocycles. The molecule has 0 bridgehead atoms. The normalized spacial score (nSPS) is 22.0. The molecule has 2 aromatic rings. The number of hydrogen-bond acceptors (Lipinski definition) is 4. The van der Waals surface area contributed by atoms with Crippen molar-refractivity contribution >= 4 is 11.9 Å². The second kappa shape index (κ2) is 7.42. The third-order valence-corrected chi connectivity index (χ3v) is 5.40. The first-order chi connectivity index (χ1) is 13.9. The molecule has 1 saturated heterocycles. The largest absolute Gasteiger partial charge is 0.439 e. The Kier molecular flexibility index (Phi) is 4.94. The molecule has 2 aliphatic rings. The summed E-state index contributed by atoms with van der Waals surface area (Å²) in [4.78, 5) is 30.3. The summed E-state index contributed by atoms with van der Waals surface area (Å²) >= 11 is 0. The minimum Gasteiger partial charge on any atom is -0.439 e. The molecule has 6 nitrogen and oxygen atoms in total. The molecular formula is C21H21F2N3O3. The fourth-order valence-corrected chi connectivity index (χ4v) is 3.77. The van der Waals surface area contributed by atoms with Gasteiger partial charge in [-0.05, 0) is 55.2 Å². The topological polar surface area (TPSA) is 71.5 Å². The van der Waals surface area contributed by atoms with Gasteiger partial charge in [-0.25, -0.2) is 18.6 Å². The SMILES string of the molecule is Cc1cc(Oc2ncccc2C(F)F)ccc1C1C(C)C(=O)NC(=O)N1C1CC1. The molecule has 2 unspecified atom stereocenters. The summed E-state index contributed by atoms with van der Waals surface area (Å²) in [5, 5.41) is 2.42. The molecule has 4 rings (SSSR count). The number of rotatable bonds is 5. The molecule has 2 atom stereocenters. The number of benzene rings is 1. The monoisotopic (exact) mass is 401 g/mol. The van der Waals surface area contributed by atoms with E-state index in [0.717, 1.165) is 24.0 Å². The molecule has 1 N–H and O–H groups in total. The summed E-state index contributed by atoms with van der Waals surface area (Å²) < 4.78 is 31.9. The van der Waals surface area contributed by atoms with Crippen LogP contribution in [0, 0.1) is 12.8 Å². The second-order valence-electron chi connectivity index (χ2n) is 7.49. The Morgan fingerprint density at radius 1 is 1.24 bits per heavy atom. The molecule has 1 aromatic heterocycles. The lowest BCUT2D eigenvalue weighted by molar-refractivity contribution is -0.127. The van der Waals surface area contributed by atoms with Crippen molar-refractivity contribution in [3.05, 3.63) is 53.2 Å². The Labute approximate surface area is 166 Å². The second-order valence-corrected chi connectivity index (χ2v) is 7.49. The van der Waals surface area contributed by atoms with E-state index < -0.39 is 12.3 Å². The summed E-state index contributed by atoms with van der Waals surface area (Å²) in [5.74, 6) is -0.481. The first kappa shape index (κ1) is 19.3. The van der Waals surface area contributed by atoms with Crippen molar-refractivity contribution in [3.8, 4) is 11.6 Å². The predicted molar refractivity (Wildman–Crippen MR) is 101 cm³/mol. The summed E-state index contributed by atoms with van der Waals surface area (Å²) in [7, 11) is 0. The lowest BCUT2D eigenvalue weighted by atomic mass is 9.88. The van der Waals surface area contributed by atoms with Gasteiger partial charge >= 0.3 is 6.03 Å². The lowest BCUT2D eigenvalue weighted by Gasteiger charge is -2.40. The van der Waals surface area contributed by atoms with Crippen molar-refractivity contribution in [2.45, 2.75) is 45.2 Å². The van der Waals surface area contributed by atoms with Crippen molar-refractivity contribution in [3.63, 3.8) is 0 Å². The summed E-state index contributed by atoms with van der Waals surface area (Å²) in [5.41, 5.74) is 1.37. The smallest absolute Gasteiger partial charge is 0.324 e. The van der Waals surface area contributed by atoms with Crippen LogP contribution < -0.4 is 10.1 Å². The Morgan fingerprint density at radius 2 is 2.00 bits per heavy atom. The molecule has 1 saturated carbocycles. The van der Waals surface area contributed by atoms with Crippen molar-refractivity contribution in [2.24, 2.45) is 5.92 Å². The van der Waals surface area contributed by atoms with E-state index in [4.69, 9.17) is 4.74 Å². The number of hydrogen-bond donors (Lipinski definition) is 1. The van der Waals surface area contributed by atoms with E-state index >= 15 is 0 Å². The van der Waals surface area contributed by atoms with Gasteiger partial charge in [-0.2, -0.15) is 0 Å². The maximum absolute atomic E-state index is 13.2. The van der Waals surface area contributed by atoms with E-state index in [-0.39, 0.29) is 35.5 Å². The minimum atomic E-state index is -2.70. The summed E-state index contributed by atoms with van der Waals surface area (Å²) in [6.07, 6.45) is 0.533. The molecule has 0 radical (unpaired) electrons. The maximum Gasteiger partial charge on any atom is 0.324 e. The van der Waals surface area contributed by atoms with Gasteiger partial charge in [0.05, 0.1) is 17.5 Å². The summed E-state index contributed by atoms with van der Waals surface area (Å²) in [6, 6.07) is 7.26. The number of urea groups is 1. The van der Waals surface area contributed by atoms with E-state index in [1.54, 1.807) is 30.0 Å². The van der Waals surface area contributed by atoms with Crippen LogP contribution in [0.3, 0.4) is 0 Å². The average molecular weight is 401 g/mol. The molecule has 3 amide bonds. The number of pyridine rings is 1. The van der Waals surface area contributed by atoms with Crippen LogP contribution in [0.2, 0.25) is 0 Å². The van der Waals surface area contributed by atoms with Crippen LogP contribution in [0.4, 0.5) is 13.6 Å². The van der Waals surface area contributed by atoms with E-state index in [9.17, 15) is 18.4 Å². The molecule has 0 spiro atoms. The van der Waals surface area contributed by atoms with E-state index in [1.807, 2.05) is 6.92 Å². The van der Waals surface area contributed by atoms with Crippen LogP contribution in [-0.4, -0.2) is 27.9 Å². The zero-order chi connectivity index (χ0) is 20.7. The standard InChI is InChI=1S/C21H21F2N3O3/c1-11-10-14(29-20-16(18(22)23)4-3-9-24-20)7-8-15(11)17-12(2)19(27)25-21(28)26(17)13-5-6-13/h3-4,7-10,12-13,17-18H,5-6H2,1-2H3,(H,25,27,28). The number of aromatic nitrogens is 1. The van der Waals surface area contributed by atoms with Crippen molar-refractivity contribution < 1.29 is 23.1 Å². The molecule has 1 aromatic carbocycles.